The van der Waals surface area contributed by atoms with Crippen molar-refractivity contribution in [2.75, 3.05) is 0 Å². The normalized spacial score (nSPS) is 12.4. The molecule has 0 saturated heterocycles. The van der Waals surface area contributed by atoms with E-state index in [1.165, 1.54) is 0 Å². The monoisotopic (exact) mass is 300 g/mol. The number of nitrogens with two attached hydrogens (primary N) is 1. The number of rotatable bonds is 6. The molecule has 0 saturated carbocycles. The minimum atomic E-state index is -0.396. The van der Waals surface area contributed by atoms with Crippen molar-refractivity contribution in [3.05, 3.63) is 38.3 Å². The zero-order valence-electron chi connectivity index (χ0n) is 9.86. The maximum absolute atomic E-state index is 10.8. The van der Waals surface area contributed by atoms with Crippen molar-refractivity contribution < 1.29 is 4.92 Å². The molecule has 2 N–H and O–H groups in total. The number of nitro groups is 1. The Hall–Kier alpha value is -0.940. The molecule has 1 rings (SSSR count). The molecule has 0 fully saturated rings. The van der Waals surface area contributed by atoms with Gasteiger partial charge in [-0.05, 0) is 34.0 Å². The van der Waals surface area contributed by atoms with Crippen LogP contribution in [-0.2, 0) is 0 Å². The fourth-order valence-corrected chi connectivity index (χ4v) is 2.07. The molecule has 0 spiro atoms. The highest BCUT2D eigenvalue weighted by molar-refractivity contribution is 9.10. The number of benzene rings is 1. The van der Waals surface area contributed by atoms with Crippen molar-refractivity contribution in [3.8, 4) is 0 Å². The average Bonchev–Trinajstić information content (AvgIpc) is 2.29. The summed E-state index contributed by atoms with van der Waals surface area (Å²) in [5.41, 5.74) is 6.92. The molecular weight excluding hydrogens is 284 g/mol. The van der Waals surface area contributed by atoms with E-state index < -0.39 is 4.92 Å². The minimum Gasteiger partial charge on any atom is -0.324 e. The molecule has 1 aromatic carbocycles. The molecule has 1 aromatic rings. The Morgan fingerprint density at radius 1 is 1.47 bits per heavy atom. The first-order chi connectivity index (χ1) is 8.06. The first-order valence-electron chi connectivity index (χ1n) is 5.75. The van der Waals surface area contributed by atoms with Gasteiger partial charge in [0.05, 0.1) is 9.40 Å². The van der Waals surface area contributed by atoms with Crippen LogP contribution in [0.3, 0.4) is 0 Å². The molecule has 0 unspecified atom stereocenters. The molecule has 0 bridgehead atoms. The van der Waals surface area contributed by atoms with Crippen LogP contribution in [0.2, 0.25) is 0 Å². The van der Waals surface area contributed by atoms with E-state index in [0.29, 0.717) is 4.47 Å². The van der Waals surface area contributed by atoms with Crippen LogP contribution in [0.25, 0.3) is 0 Å². The molecule has 94 valence electrons. The van der Waals surface area contributed by atoms with Crippen molar-refractivity contribution >= 4 is 21.6 Å². The van der Waals surface area contributed by atoms with Crippen molar-refractivity contribution in [3.63, 3.8) is 0 Å². The standard InChI is InChI=1S/C12H17BrN2O2/c1-2-3-4-5-11(14)9-6-7-10(13)12(8-9)15(16)17/h6-8,11H,2-5,14H2,1H3/t11-/m1/s1. The average molecular weight is 301 g/mol. The molecule has 0 amide bonds. The van der Waals surface area contributed by atoms with Crippen LogP contribution < -0.4 is 5.73 Å². The van der Waals surface area contributed by atoms with Gasteiger partial charge in [0.2, 0.25) is 0 Å². The second-order valence-corrected chi connectivity index (χ2v) is 4.92. The summed E-state index contributed by atoms with van der Waals surface area (Å²) in [4.78, 5) is 10.4. The maximum atomic E-state index is 10.8. The molecule has 0 radical (unpaired) electrons. The molecule has 0 aliphatic carbocycles. The van der Waals surface area contributed by atoms with Crippen molar-refractivity contribution in [1.82, 2.24) is 0 Å². The van der Waals surface area contributed by atoms with Crippen LogP contribution in [0.1, 0.15) is 44.2 Å². The first-order valence-corrected chi connectivity index (χ1v) is 6.55. The lowest BCUT2D eigenvalue weighted by Gasteiger charge is -2.11. The lowest BCUT2D eigenvalue weighted by atomic mass is 10.0. The molecular formula is C12H17BrN2O2. The molecule has 0 aromatic heterocycles. The van der Waals surface area contributed by atoms with Crippen molar-refractivity contribution in [2.45, 2.75) is 38.6 Å². The van der Waals surface area contributed by atoms with Gasteiger partial charge in [-0.15, -0.1) is 0 Å². The topological polar surface area (TPSA) is 69.2 Å². The van der Waals surface area contributed by atoms with Gasteiger partial charge in [-0.25, -0.2) is 0 Å². The Bertz CT molecular complexity index is 396. The third-order valence-electron chi connectivity index (χ3n) is 2.71. The smallest absolute Gasteiger partial charge is 0.283 e. The van der Waals surface area contributed by atoms with Gasteiger partial charge in [0.15, 0.2) is 0 Å². The number of halogens is 1. The highest BCUT2D eigenvalue weighted by atomic mass is 79.9. The van der Waals surface area contributed by atoms with Gasteiger partial charge < -0.3 is 5.73 Å². The lowest BCUT2D eigenvalue weighted by Crippen LogP contribution is -2.10. The van der Waals surface area contributed by atoms with Gasteiger partial charge in [0.1, 0.15) is 0 Å². The summed E-state index contributed by atoms with van der Waals surface area (Å²) in [6, 6.07) is 4.97. The quantitative estimate of drug-likeness (QED) is 0.491. The van der Waals surface area contributed by atoms with Gasteiger partial charge in [-0.2, -0.15) is 0 Å². The Labute approximate surface area is 109 Å². The largest absolute Gasteiger partial charge is 0.324 e. The van der Waals surface area contributed by atoms with Crippen LogP contribution in [0.5, 0.6) is 0 Å². The van der Waals surface area contributed by atoms with E-state index in [0.717, 1.165) is 31.2 Å². The van der Waals surface area contributed by atoms with E-state index in [9.17, 15) is 10.1 Å². The van der Waals surface area contributed by atoms with Crippen LogP contribution in [-0.4, -0.2) is 4.92 Å². The zero-order valence-corrected chi connectivity index (χ0v) is 11.4. The first kappa shape index (κ1) is 14.1. The van der Waals surface area contributed by atoms with Gasteiger partial charge in [0, 0.05) is 12.1 Å². The van der Waals surface area contributed by atoms with Crippen molar-refractivity contribution in [1.29, 1.82) is 0 Å². The Balaban J connectivity index is 2.77. The molecule has 0 aliphatic heterocycles. The molecule has 5 heteroatoms. The van der Waals surface area contributed by atoms with Crippen LogP contribution in [0.15, 0.2) is 22.7 Å². The summed E-state index contributed by atoms with van der Waals surface area (Å²) >= 11 is 3.16. The van der Waals surface area contributed by atoms with Crippen molar-refractivity contribution in [2.24, 2.45) is 5.73 Å². The third-order valence-corrected chi connectivity index (χ3v) is 3.38. The number of nitro benzene ring substituents is 1. The summed E-state index contributed by atoms with van der Waals surface area (Å²) in [5, 5.41) is 10.8. The summed E-state index contributed by atoms with van der Waals surface area (Å²) in [6.07, 6.45) is 4.22. The number of hydrogen-bond acceptors (Lipinski definition) is 3. The molecule has 0 heterocycles. The summed E-state index contributed by atoms with van der Waals surface area (Å²) < 4.78 is 0.493. The second-order valence-electron chi connectivity index (χ2n) is 4.07. The fraction of sp³-hybridized carbons (Fsp3) is 0.500. The summed E-state index contributed by atoms with van der Waals surface area (Å²) in [5.74, 6) is 0. The Morgan fingerprint density at radius 3 is 2.76 bits per heavy atom. The van der Waals surface area contributed by atoms with E-state index in [2.05, 4.69) is 22.9 Å². The van der Waals surface area contributed by atoms with Gasteiger partial charge in [0.25, 0.3) is 5.69 Å². The van der Waals surface area contributed by atoms with E-state index in [1.54, 1.807) is 12.1 Å². The SMILES string of the molecule is CCCCC[C@@H](N)c1ccc(Br)c([N+](=O)[O-])c1. The second kappa shape index (κ2) is 6.71. The van der Waals surface area contributed by atoms with E-state index >= 15 is 0 Å². The number of hydrogen-bond donors (Lipinski definition) is 1. The predicted molar refractivity (Wildman–Crippen MR) is 71.9 cm³/mol. The molecule has 4 nitrogen and oxygen atoms in total. The van der Waals surface area contributed by atoms with Crippen LogP contribution >= 0.6 is 15.9 Å². The Kier molecular flexibility index (Phi) is 5.58. The molecule has 0 aliphatic rings. The number of unbranched alkanes of at least 4 members (excludes halogenated alkanes) is 2. The summed E-state index contributed by atoms with van der Waals surface area (Å²) in [7, 11) is 0. The Morgan fingerprint density at radius 2 is 2.18 bits per heavy atom. The fourth-order valence-electron chi connectivity index (χ4n) is 1.68. The molecule has 1 atom stereocenters. The third kappa shape index (κ3) is 4.09. The van der Waals surface area contributed by atoms with Gasteiger partial charge in [-0.1, -0.05) is 32.3 Å². The van der Waals surface area contributed by atoms with E-state index in [4.69, 9.17) is 5.73 Å². The summed E-state index contributed by atoms with van der Waals surface area (Å²) in [6.45, 7) is 2.13. The number of nitrogens with zero attached hydrogens (tertiary/aromatic N) is 1. The highest BCUT2D eigenvalue weighted by Gasteiger charge is 2.15. The predicted octanol–water partition coefficient (Wildman–Crippen LogP) is 3.94. The maximum Gasteiger partial charge on any atom is 0.283 e. The van der Waals surface area contributed by atoms with Gasteiger partial charge in [-0.3, -0.25) is 10.1 Å². The molecule has 17 heavy (non-hydrogen) atoms. The van der Waals surface area contributed by atoms with Crippen LogP contribution in [0.4, 0.5) is 5.69 Å². The van der Waals surface area contributed by atoms with E-state index in [1.807, 2.05) is 6.07 Å². The minimum absolute atomic E-state index is 0.0773. The van der Waals surface area contributed by atoms with E-state index in [-0.39, 0.29) is 11.7 Å². The van der Waals surface area contributed by atoms with Crippen LogP contribution in [0, 0.1) is 10.1 Å². The lowest BCUT2D eigenvalue weighted by molar-refractivity contribution is -0.385. The van der Waals surface area contributed by atoms with Gasteiger partial charge >= 0.3 is 0 Å². The zero-order chi connectivity index (χ0) is 12.8. The highest BCUT2D eigenvalue weighted by Crippen LogP contribution is 2.28.